The summed E-state index contributed by atoms with van der Waals surface area (Å²) in [5.41, 5.74) is 2.85. The molecule has 36 heavy (non-hydrogen) atoms. The minimum absolute atomic E-state index is 0.342. The van der Waals surface area contributed by atoms with Crippen LogP contribution in [0.3, 0.4) is 0 Å². The summed E-state index contributed by atoms with van der Waals surface area (Å²) in [6, 6.07) is 11.8. The summed E-state index contributed by atoms with van der Waals surface area (Å²) >= 11 is 1.67. The number of thioether (sulfide) groups is 1. The lowest BCUT2D eigenvalue weighted by molar-refractivity contribution is 0.281. The van der Waals surface area contributed by atoms with Gasteiger partial charge >= 0.3 is 0 Å². The number of ether oxygens (including phenoxy) is 2. The van der Waals surface area contributed by atoms with Gasteiger partial charge in [-0.3, -0.25) is 0 Å². The van der Waals surface area contributed by atoms with Crippen LogP contribution in [0, 0.1) is 5.92 Å². The fourth-order valence-electron chi connectivity index (χ4n) is 5.45. The van der Waals surface area contributed by atoms with Crippen LogP contribution >= 0.6 is 11.8 Å². The summed E-state index contributed by atoms with van der Waals surface area (Å²) < 4.78 is 41.7. The Hall–Kier alpha value is -2.23. The number of fused-ring (bicyclic) bond motifs is 1. The number of benzene rings is 2. The van der Waals surface area contributed by atoms with Crippen LogP contribution in [-0.2, 0) is 15.8 Å². The highest BCUT2D eigenvalue weighted by molar-refractivity contribution is 7.98. The number of rotatable bonds is 8. The molecule has 2 fully saturated rings. The van der Waals surface area contributed by atoms with Crippen LogP contribution in [0.2, 0.25) is 0 Å². The molecule has 194 valence electrons. The monoisotopic (exact) mass is 529 g/mol. The Bertz CT molecular complexity index is 1310. The Morgan fingerprint density at radius 1 is 1.00 bits per heavy atom. The average Bonchev–Trinajstić information content (AvgIpc) is 3.54. The highest BCUT2D eigenvalue weighted by atomic mass is 32.2. The van der Waals surface area contributed by atoms with Crippen LogP contribution in [0.25, 0.3) is 11.0 Å². The fraction of sp³-hybridized carbons (Fsp3) is 0.519. The van der Waals surface area contributed by atoms with Gasteiger partial charge in [-0.1, -0.05) is 31.5 Å². The molecule has 9 heteroatoms. The van der Waals surface area contributed by atoms with E-state index in [0.717, 1.165) is 58.9 Å². The molecule has 1 aliphatic heterocycles. The van der Waals surface area contributed by atoms with E-state index in [1.165, 1.54) is 12.8 Å². The molecule has 3 aromatic rings. The van der Waals surface area contributed by atoms with E-state index >= 15 is 0 Å². The van der Waals surface area contributed by atoms with Crippen molar-refractivity contribution in [1.29, 1.82) is 0 Å². The van der Waals surface area contributed by atoms with Gasteiger partial charge in [-0.2, -0.15) is 4.31 Å². The number of sulfonamides is 1. The van der Waals surface area contributed by atoms with Crippen LogP contribution in [0.15, 0.2) is 46.5 Å². The maximum Gasteiger partial charge on any atom is 0.243 e. The smallest absolute Gasteiger partial charge is 0.243 e. The van der Waals surface area contributed by atoms with E-state index in [4.69, 9.17) is 14.5 Å². The van der Waals surface area contributed by atoms with E-state index in [2.05, 4.69) is 11.5 Å². The van der Waals surface area contributed by atoms with Gasteiger partial charge in [-0.05, 0) is 67.5 Å². The summed E-state index contributed by atoms with van der Waals surface area (Å²) in [5, 5.41) is 0.930. The first-order valence-corrected chi connectivity index (χ1v) is 15.2. The molecule has 2 heterocycles. The third-order valence-electron chi connectivity index (χ3n) is 7.36. The number of piperidine rings is 1. The first-order valence-electron chi connectivity index (χ1n) is 12.8. The molecule has 0 bridgehead atoms. The molecule has 0 spiro atoms. The molecule has 1 unspecified atom stereocenters. The van der Waals surface area contributed by atoms with Crippen molar-refractivity contribution in [3.8, 4) is 11.5 Å². The second-order valence-electron chi connectivity index (χ2n) is 9.97. The summed E-state index contributed by atoms with van der Waals surface area (Å²) in [5.74, 6) is 2.62. The molecule has 1 atom stereocenters. The number of aromatic nitrogens is 2. The third-order valence-corrected chi connectivity index (χ3v) is 10.2. The molecule has 2 aromatic carbocycles. The topological polar surface area (TPSA) is 73.7 Å². The lowest BCUT2D eigenvalue weighted by Crippen LogP contribution is -2.39. The lowest BCUT2D eigenvalue weighted by Gasteiger charge is -2.30. The van der Waals surface area contributed by atoms with E-state index in [0.29, 0.717) is 35.7 Å². The molecule has 0 amide bonds. The van der Waals surface area contributed by atoms with Crippen molar-refractivity contribution in [1.82, 2.24) is 13.9 Å². The summed E-state index contributed by atoms with van der Waals surface area (Å²) in [6.07, 6.45) is 6.66. The molecule has 0 radical (unpaired) electrons. The van der Waals surface area contributed by atoms with Crippen LogP contribution in [0.4, 0.5) is 0 Å². The maximum absolute atomic E-state index is 13.4. The van der Waals surface area contributed by atoms with E-state index in [1.54, 1.807) is 42.4 Å². The number of hydrogen-bond donors (Lipinski definition) is 0. The van der Waals surface area contributed by atoms with E-state index in [1.807, 2.05) is 24.3 Å². The van der Waals surface area contributed by atoms with E-state index < -0.39 is 10.0 Å². The summed E-state index contributed by atoms with van der Waals surface area (Å²) in [7, 11) is -0.222. The van der Waals surface area contributed by atoms with Crippen molar-refractivity contribution in [3.05, 3.63) is 42.0 Å². The van der Waals surface area contributed by atoms with Gasteiger partial charge in [0.15, 0.2) is 5.16 Å². The highest BCUT2D eigenvalue weighted by Crippen LogP contribution is 2.38. The Balaban J connectivity index is 1.48. The van der Waals surface area contributed by atoms with Gasteiger partial charge < -0.3 is 14.0 Å². The van der Waals surface area contributed by atoms with Gasteiger partial charge in [0, 0.05) is 31.0 Å². The Labute approximate surface area is 218 Å². The Morgan fingerprint density at radius 2 is 1.72 bits per heavy atom. The molecular weight excluding hydrogens is 494 g/mol. The third kappa shape index (κ3) is 5.10. The SMILES string of the molecule is COc1cc(CSc2nc3cc(S(=O)(=O)N4CCCC(C)C4)ccc3n2C2CCCC2)cc(OC)c1. The minimum atomic E-state index is -3.53. The highest BCUT2D eigenvalue weighted by Gasteiger charge is 2.30. The Morgan fingerprint density at radius 3 is 2.39 bits per heavy atom. The molecule has 5 rings (SSSR count). The number of imidazole rings is 1. The van der Waals surface area contributed by atoms with Gasteiger partial charge in [0.1, 0.15) is 11.5 Å². The van der Waals surface area contributed by atoms with Gasteiger partial charge in [0.05, 0.1) is 30.1 Å². The number of nitrogens with zero attached hydrogens (tertiary/aromatic N) is 3. The van der Waals surface area contributed by atoms with Crippen molar-refractivity contribution < 1.29 is 17.9 Å². The zero-order valence-corrected chi connectivity index (χ0v) is 22.9. The molecule has 7 nitrogen and oxygen atoms in total. The number of hydrogen-bond acceptors (Lipinski definition) is 6. The average molecular weight is 530 g/mol. The van der Waals surface area contributed by atoms with Crippen molar-refractivity contribution in [2.45, 2.75) is 67.3 Å². The predicted octanol–water partition coefficient (Wildman–Crippen LogP) is 5.88. The molecule has 2 aliphatic rings. The minimum Gasteiger partial charge on any atom is -0.497 e. The first-order chi connectivity index (χ1) is 17.4. The molecule has 1 aliphatic carbocycles. The van der Waals surface area contributed by atoms with Crippen molar-refractivity contribution in [2.75, 3.05) is 27.3 Å². The second kappa shape index (κ2) is 10.6. The summed E-state index contributed by atoms with van der Waals surface area (Å²) in [6.45, 7) is 3.30. The van der Waals surface area contributed by atoms with E-state index in [-0.39, 0.29) is 0 Å². The molecule has 1 saturated heterocycles. The van der Waals surface area contributed by atoms with E-state index in [9.17, 15) is 8.42 Å². The quantitative estimate of drug-likeness (QED) is 0.339. The zero-order chi connectivity index (χ0) is 25.3. The molecule has 0 N–H and O–H groups in total. The first kappa shape index (κ1) is 25.4. The largest absolute Gasteiger partial charge is 0.497 e. The zero-order valence-electron chi connectivity index (χ0n) is 21.3. The van der Waals surface area contributed by atoms with Crippen LogP contribution in [-0.4, -0.2) is 49.6 Å². The van der Waals surface area contributed by atoms with Crippen LogP contribution in [0.5, 0.6) is 11.5 Å². The molecule has 1 aromatic heterocycles. The predicted molar refractivity (Wildman–Crippen MR) is 144 cm³/mol. The molecular formula is C27H35N3O4S2. The van der Waals surface area contributed by atoms with Gasteiger partial charge in [0.2, 0.25) is 10.0 Å². The van der Waals surface area contributed by atoms with Crippen molar-refractivity contribution >= 4 is 32.8 Å². The summed E-state index contributed by atoms with van der Waals surface area (Å²) in [4.78, 5) is 5.31. The lowest BCUT2D eigenvalue weighted by atomic mass is 10.0. The normalized spacial score (nSPS) is 19.7. The van der Waals surface area contributed by atoms with Crippen LogP contribution < -0.4 is 9.47 Å². The van der Waals surface area contributed by atoms with Crippen molar-refractivity contribution in [3.63, 3.8) is 0 Å². The fourth-order valence-corrected chi connectivity index (χ4v) is 8.08. The van der Waals surface area contributed by atoms with Gasteiger partial charge in [-0.25, -0.2) is 13.4 Å². The Kier molecular flexibility index (Phi) is 7.51. The standard InChI is InChI=1S/C27H35N3O4S2/c1-19-7-6-12-29(17-19)36(31,32)24-10-11-26-25(16-24)28-27(30(26)21-8-4-5-9-21)35-18-20-13-22(33-2)15-23(14-20)34-3/h10-11,13-16,19,21H,4-9,12,17-18H2,1-3H3. The van der Waals surface area contributed by atoms with Gasteiger partial charge in [0.25, 0.3) is 0 Å². The number of methoxy groups -OCH3 is 2. The maximum atomic E-state index is 13.4. The molecule has 1 saturated carbocycles. The van der Waals surface area contributed by atoms with Gasteiger partial charge in [-0.15, -0.1) is 0 Å². The van der Waals surface area contributed by atoms with Crippen LogP contribution in [0.1, 0.15) is 57.1 Å². The second-order valence-corrected chi connectivity index (χ2v) is 12.9. The van der Waals surface area contributed by atoms with Crippen molar-refractivity contribution in [2.24, 2.45) is 5.92 Å².